The molecule has 0 aromatic heterocycles. The van der Waals surface area contributed by atoms with E-state index in [0.29, 0.717) is 5.56 Å². The average Bonchev–Trinajstić information content (AvgIpc) is 2.76. The minimum Gasteiger partial charge on any atom is -0.460 e. The van der Waals surface area contributed by atoms with Crippen LogP contribution < -0.4 is 5.32 Å². The zero-order valence-corrected chi connectivity index (χ0v) is 17.3. The highest BCUT2D eigenvalue weighted by Crippen LogP contribution is 2.41. The van der Waals surface area contributed by atoms with Gasteiger partial charge in [0.2, 0.25) is 5.76 Å². The van der Waals surface area contributed by atoms with Crippen molar-refractivity contribution >= 4 is 17.8 Å². The monoisotopic (exact) mass is 407 g/mol. The Bertz CT molecular complexity index is 952. The maximum absolute atomic E-state index is 13.3. The SMILES string of the molecule is CCOC(=O)C1=C[C@@H](c2ccccc2)[C@](NC(=O)c2ccccc2)(C(C)C)C(=O)O1. The summed E-state index contributed by atoms with van der Waals surface area (Å²) in [7, 11) is 0. The first-order valence-electron chi connectivity index (χ1n) is 9.93. The number of hydrogen-bond acceptors (Lipinski definition) is 5. The topological polar surface area (TPSA) is 81.7 Å². The van der Waals surface area contributed by atoms with Crippen LogP contribution in [0.15, 0.2) is 72.5 Å². The van der Waals surface area contributed by atoms with Crippen LogP contribution in [-0.4, -0.2) is 30.0 Å². The fourth-order valence-electron chi connectivity index (χ4n) is 3.68. The van der Waals surface area contributed by atoms with Crippen LogP contribution in [-0.2, 0) is 19.1 Å². The van der Waals surface area contributed by atoms with Gasteiger partial charge in [-0.1, -0.05) is 62.4 Å². The Morgan fingerprint density at radius 1 is 1.07 bits per heavy atom. The Morgan fingerprint density at radius 3 is 2.23 bits per heavy atom. The molecule has 2 atom stereocenters. The van der Waals surface area contributed by atoms with Gasteiger partial charge in [0.1, 0.15) is 0 Å². The van der Waals surface area contributed by atoms with Crippen LogP contribution in [0.5, 0.6) is 0 Å². The summed E-state index contributed by atoms with van der Waals surface area (Å²) in [5.74, 6) is -2.91. The zero-order valence-electron chi connectivity index (χ0n) is 17.3. The van der Waals surface area contributed by atoms with Crippen molar-refractivity contribution in [2.24, 2.45) is 5.92 Å². The quantitative estimate of drug-likeness (QED) is 0.740. The summed E-state index contributed by atoms with van der Waals surface area (Å²) in [5, 5.41) is 2.93. The van der Waals surface area contributed by atoms with E-state index in [1.54, 1.807) is 37.3 Å². The molecule has 0 unspecified atom stereocenters. The van der Waals surface area contributed by atoms with E-state index in [-0.39, 0.29) is 18.3 Å². The molecule has 0 aliphatic carbocycles. The van der Waals surface area contributed by atoms with E-state index in [0.717, 1.165) is 5.56 Å². The van der Waals surface area contributed by atoms with Crippen molar-refractivity contribution in [3.05, 3.63) is 83.6 Å². The van der Waals surface area contributed by atoms with Gasteiger partial charge in [-0.2, -0.15) is 0 Å². The maximum Gasteiger partial charge on any atom is 0.374 e. The standard InChI is InChI=1S/C24H25NO5/c1-4-29-22(27)20-15-19(17-11-7-5-8-12-17)24(16(2)3,23(28)30-20)25-21(26)18-13-9-6-10-14-18/h5-16,19H,4H2,1-3H3,(H,25,26)/t19-,24+/m0/s1. The highest BCUT2D eigenvalue weighted by Gasteiger charge is 2.54. The summed E-state index contributed by atoms with van der Waals surface area (Å²) < 4.78 is 10.4. The summed E-state index contributed by atoms with van der Waals surface area (Å²) in [5.41, 5.74) is -0.195. The molecule has 0 radical (unpaired) electrons. The van der Waals surface area contributed by atoms with Gasteiger partial charge in [-0.3, -0.25) is 4.79 Å². The number of carbonyl (C=O) groups excluding carboxylic acids is 3. The van der Waals surface area contributed by atoms with E-state index in [9.17, 15) is 14.4 Å². The van der Waals surface area contributed by atoms with Crippen LogP contribution in [0, 0.1) is 5.92 Å². The van der Waals surface area contributed by atoms with Crippen LogP contribution in [0.4, 0.5) is 0 Å². The van der Waals surface area contributed by atoms with Crippen LogP contribution in [0.1, 0.15) is 42.6 Å². The van der Waals surface area contributed by atoms with Crippen LogP contribution in [0.2, 0.25) is 0 Å². The first-order chi connectivity index (χ1) is 14.4. The molecule has 0 saturated heterocycles. The van der Waals surface area contributed by atoms with Gasteiger partial charge in [-0.15, -0.1) is 0 Å². The van der Waals surface area contributed by atoms with Crippen LogP contribution in [0.3, 0.4) is 0 Å². The van der Waals surface area contributed by atoms with Gasteiger partial charge in [0, 0.05) is 11.5 Å². The van der Waals surface area contributed by atoms with Crippen molar-refractivity contribution in [3.8, 4) is 0 Å². The average molecular weight is 407 g/mol. The lowest BCUT2D eigenvalue weighted by atomic mass is 9.70. The van der Waals surface area contributed by atoms with Gasteiger partial charge in [-0.25, -0.2) is 9.59 Å². The summed E-state index contributed by atoms with van der Waals surface area (Å²) in [4.78, 5) is 38.7. The van der Waals surface area contributed by atoms with Gasteiger partial charge in [0.15, 0.2) is 5.54 Å². The third kappa shape index (κ3) is 3.99. The van der Waals surface area contributed by atoms with Crippen molar-refractivity contribution in [1.82, 2.24) is 5.32 Å². The van der Waals surface area contributed by atoms with Crippen molar-refractivity contribution in [2.45, 2.75) is 32.2 Å². The number of cyclic esters (lactones) is 1. The molecule has 6 heteroatoms. The molecule has 1 amide bonds. The molecule has 0 bridgehead atoms. The molecule has 6 nitrogen and oxygen atoms in total. The van der Waals surface area contributed by atoms with Crippen molar-refractivity contribution in [2.75, 3.05) is 6.61 Å². The molecule has 0 saturated carbocycles. The largest absolute Gasteiger partial charge is 0.460 e. The lowest BCUT2D eigenvalue weighted by molar-refractivity contribution is -0.159. The number of esters is 2. The Morgan fingerprint density at radius 2 is 1.67 bits per heavy atom. The predicted octanol–water partition coefficient (Wildman–Crippen LogP) is 3.60. The molecule has 1 aliphatic rings. The third-order valence-corrected chi connectivity index (χ3v) is 5.25. The van der Waals surface area contributed by atoms with E-state index >= 15 is 0 Å². The number of hydrogen-bond donors (Lipinski definition) is 1. The lowest BCUT2D eigenvalue weighted by Crippen LogP contribution is -2.63. The van der Waals surface area contributed by atoms with Crippen LogP contribution in [0.25, 0.3) is 0 Å². The molecule has 30 heavy (non-hydrogen) atoms. The van der Waals surface area contributed by atoms with Gasteiger partial charge >= 0.3 is 11.9 Å². The third-order valence-electron chi connectivity index (χ3n) is 5.25. The smallest absolute Gasteiger partial charge is 0.374 e. The lowest BCUT2D eigenvalue weighted by Gasteiger charge is -2.43. The predicted molar refractivity (Wildman–Crippen MR) is 111 cm³/mol. The molecular weight excluding hydrogens is 382 g/mol. The molecule has 2 aromatic carbocycles. The Kier molecular flexibility index (Phi) is 6.35. The van der Waals surface area contributed by atoms with E-state index in [4.69, 9.17) is 9.47 Å². The molecule has 156 valence electrons. The normalized spacial score (nSPS) is 20.9. The highest BCUT2D eigenvalue weighted by atomic mass is 16.6. The molecule has 0 fully saturated rings. The molecule has 1 aliphatic heterocycles. The maximum atomic E-state index is 13.3. The number of amides is 1. The summed E-state index contributed by atoms with van der Waals surface area (Å²) in [6.45, 7) is 5.51. The molecule has 2 aromatic rings. The van der Waals surface area contributed by atoms with E-state index in [1.807, 2.05) is 50.2 Å². The Hall–Kier alpha value is -3.41. The molecular formula is C24H25NO5. The first-order valence-corrected chi connectivity index (χ1v) is 9.93. The molecule has 1 heterocycles. The summed E-state index contributed by atoms with van der Waals surface area (Å²) >= 11 is 0. The van der Waals surface area contributed by atoms with Crippen molar-refractivity contribution < 1.29 is 23.9 Å². The minimum atomic E-state index is -1.40. The van der Waals surface area contributed by atoms with E-state index < -0.39 is 29.3 Å². The number of ether oxygens (including phenoxy) is 2. The van der Waals surface area contributed by atoms with Gasteiger partial charge in [0.05, 0.1) is 6.61 Å². The summed E-state index contributed by atoms with van der Waals surface area (Å²) in [6.07, 6.45) is 1.57. The Labute approximate surface area is 175 Å². The summed E-state index contributed by atoms with van der Waals surface area (Å²) in [6, 6.07) is 17.9. The Balaban J connectivity index is 2.12. The van der Waals surface area contributed by atoms with Crippen LogP contribution >= 0.6 is 0 Å². The minimum absolute atomic E-state index is 0.157. The zero-order chi connectivity index (χ0) is 21.7. The van der Waals surface area contributed by atoms with Gasteiger partial charge in [-0.05, 0) is 36.6 Å². The fraction of sp³-hybridized carbons (Fsp3) is 0.292. The first kappa shape index (κ1) is 21.3. The number of carbonyl (C=O) groups is 3. The van der Waals surface area contributed by atoms with Gasteiger partial charge in [0.25, 0.3) is 5.91 Å². The highest BCUT2D eigenvalue weighted by molar-refractivity contribution is 6.01. The van der Waals surface area contributed by atoms with E-state index in [2.05, 4.69) is 5.32 Å². The second-order valence-electron chi connectivity index (χ2n) is 7.37. The molecule has 1 N–H and O–H groups in total. The van der Waals surface area contributed by atoms with Crippen molar-refractivity contribution in [1.29, 1.82) is 0 Å². The molecule has 0 spiro atoms. The second-order valence-corrected chi connectivity index (χ2v) is 7.37. The van der Waals surface area contributed by atoms with Crippen molar-refractivity contribution in [3.63, 3.8) is 0 Å². The second kappa shape index (κ2) is 8.95. The van der Waals surface area contributed by atoms with Gasteiger partial charge < -0.3 is 14.8 Å². The van der Waals surface area contributed by atoms with E-state index in [1.165, 1.54) is 0 Å². The molecule has 3 rings (SSSR count). The number of rotatable bonds is 6. The fourth-order valence-corrected chi connectivity index (χ4v) is 3.68. The number of benzene rings is 2. The number of nitrogens with one attached hydrogen (secondary N) is 1.